The van der Waals surface area contributed by atoms with Crippen molar-refractivity contribution >= 4 is 23.4 Å². The van der Waals surface area contributed by atoms with Gasteiger partial charge in [0.15, 0.2) is 0 Å². The van der Waals surface area contributed by atoms with Crippen molar-refractivity contribution in [2.24, 2.45) is 0 Å². The molecule has 1 N–H and O–H groups in total. The summed E-state index contributed by atoms with van der Waals surface area (Å²) in [5.41, 5.74) is -3.84. The van der Waals surface area contributed by atoms with E-state index < -0.39 is 5.51 Å². The molecule has 0 saturated carbocycles. The van der Waals surface area contributed by atoms with Gasteiger partial charge in [-0.15, -0.1) is 0 Å². The summed E-state index contributed by atoms with van der Waals surface area (Å²) in [5.74, 6) is -0.316. The molecular weight excluding hydrogens is 251 g/mol. The predicted octanol–water partition coefficient (Wildman–Crippen LogP) is 3.81. The first-order valence-corrected chi connectivity index (χ1v) is 5.52. The van der Waals surface area contributed by atoms with Crippen LogP contribution in [0.3, 0.4) is 0 Å². The van der Waals surface area contributed by atoms with Crippen LogP contribution in [0.15, 0.2) is 41.3 Å². The monoisotopic (exact) mass is 261 g/mol. The third-order valence-electron chi connectivity index (χ3n) is 1.67. The molecule has 0 heterocycles. The fourth-order valence-electron chi connectivity index (χ4n) is 1.08. The number of anilines is 1. The molecule has 1 aromatic rings. The molecule has 0 spiro atoms. The third kappa shape index (κ3) is 5.44. The van der Waals surface area contributed by atoms with Crippen LogP contribution in [0.4, 0.5) is 18.9 Å². The number of amides is 1. The van der Waals surface area contributed by atoms with Gasteiger partial charge < -0.3 is 5.32 Å². The van der Waals surface area contributed by atoms with Gasteiger partial charge in [-0.2, -0.15) is 13.2 Å². The molecule has 0 bridgehead atoms. The van der Waals surface area contributed by atoms with Crippen LogP contribution in [0.1, 0.15) is 6.92 Å². The molecule has 2 nitrogen and oxygen atoms in total. The van der Waals surface area contributed by atoms with E-state index in [1.54, 1.807) is 13.0 Å². The number of allylic oxidation sites excluding steroid dienone is 1. The van der Waals surface area contributed by atoms with Gasteiger partial charge in [0.05, 0.1) is 0 Å². The van der Waals surface area contributed by atoms with E-state index >= 15 is 0 Å². The number of alkyl halides is 3. The first kappa shape index (κ1) is 13.6. The largest absolute Gasteiger partial charge is 0.446 e. The van der Waals surface area contributed by atoms with Gasteiger partial charge in [-0.3, -0.25) is 4.79 Å². The minimum atomic E-state index is -4.30. The quantitative estimate of drug-likeness (QED) is 0.662. The maximum absolute atomic E-state index is 12.0. The molecule has 1 amide bonds. The van der Waals surface area contributed by atoms with E-state index in [0.29, 0.717) is 5.69 Å². The number of nitrogens with one attached hydrogen (secondary N) is 1. The lowest BCUT2D eigenvalue weighted by atomic mass is 10.3. The van der Waals surface area contributed by atoms with E-state index in [1.807, 2.05) is 0 Å². The van der Waals surface area contributed by atoms with Crippen LogP contribution in [-0.2, 0) is 4.79 Å². The fraction of sp³-hybridized carbons (Fsp3) is 0.182. The van der Waals surface area contributed by atoms with Gasteiger partial charge in [0.2, 0.25) is 5.91 Å². The van der Waals surface area contributed by atoms with Crippen LogP contribution in [-0.4, -0.2) is 11.4 Å². The van der Waals surface area contributed by atoms with Crippen molar-refractivity contribution in [2.75, 3.05) is 5.32 Å². The van der Waals surface area contributed by atoms with Crippen LogP contribution < -0.4 is 5.32 Å². The smallest absolute Gasteiger partial charge is 0.323 e. The van der Waals surface area contributed by atoms with Crippen LogP contribution in [0.5, 0.6) is 0 Å². The summed E-state index contributed by atoms with van der Waals surface area (Å²) < 4.78 is 36.1. The highest BCUT2D eigenvalue weighted by atomic mass is 32.2. The Morgan fingerprint density at radius 2 is 1.88 bits per heavy atom. The Morgan fingerprint density at radius 3 is 2.35 bits per heavy atom. The Hall–Kier alpha value is -1.43. The molecular formula is C11H10F3NOS. The van der Waals surface area contributed by atoms with E-state index in [4.69, 9.17) is 0 Å². The lowest BCUT2D eigenvalue weighted by molar-refractivity contribution is -0.111. The minimum absolute atomic E-state index is 0.0848. The third-order valence-corrected chi connectivity index (χ3v) is 2.41. The molecule has 0 atom stereocenters. The summed E-state index contributed by atoms with van der Waals surface area (Å²) in [6, 6.07) is 5.47. The molecule has 0 radical (unpaired) electrons. The average molecular weight is 261 g/mol. The van der Waals surface area contributed by atoms with Crippen molar-refractivity contribution in [2.45, 2.75) is 17.3 Å². The van der Waals surface area contributed by atoms with Crippen molar-refractivity contribution in [1.29, 1.82) is 0 Å². The van der Waals surface area contributed by atoms with E-state index in [-0.39, 0.29) is 22.6 Å². The Kier molecular flexibility index (Phi) is 4.62. The van der Waals surface area contributed by atoms with E-state index in [9.17, 15) is 18.0 Å². The zero-order chi connectivity index (χ0) is 12.9. The van der Waals surface area contributed by atoms with Gasteiger partial charge in [-0.25, -0.2) is 0 Å². The number of hydrogen-bond donors (Lipinski definition) is 1. The predicted molar refractivity (Wildman–Crippen MR) is 61.8 cm³/mol. The lowest BCUT2D eigenvalue weighted by Gasteiger charge is -2.06. The molecule has 0 saturated heterocycles. The van der Waals surface area contributed by atoms with Crippen LogP contribution >= 0.6 is 11.8 Å². The molecule has 0 aliphatic carbocycles. The second-order valence-electron chi connectivity index (χ2n) is 3.06. The molecule has 92 valence electrons. The maximum Gasteiger partial charge on any atom is 0.446 e. The number of benzene rings is 1. The van der Waals surface area contributed by atoms with Gasteiger partial charge >= 0.3 is 5.51 Å². The summed E-state index contributed by atoms with van der Waals surface area (Å²) in [6.07, 6.45) is 2.90. The van der Waals surface area contributed by atoms with Crippen molar-refractivity contribution in [1.82, 2.24) is 0 Å². The molecule has 1 rings (SSSR count). The number of rotatable bonds is 3. The fourth-order valence-corrected chi connectivity index (χ4v) is 1.61. The standard InChI is InChI=1S/C11H10F3NOS/c1-2-3-10(16)15-8-4-6-9(7-5-8)17-11(12,13)14/h2-7H,1H3,(H,15,16)/b3-2-. The summed E-state index contributed by atoms with van der Waals surface area (Å²) in [5, 5.41) is 2.52. The number of carbonyl (C=O) groups excluding carboxylic acids is 1. The number of halogens is 3. The Bertz CT molecular complexity index is 412. The molecule has 0 aliphatic heterocycles. The van der Waals surface area contributed by atoms with E-state index in [0.717, 1.165) is 0 Å². The van der Waals surface area contributed by atoms with Gasteiger partial charge in [-0.05, 0) is 49.0 Å². The lowest BCUT2D eigenvalue weighted by Crippen LogP contribution is -2.07. The molecule has 0 aliphatic rings. The number of thioether (sulfide) groups is 1. The van der Waals surface area contributed by atoms with Gasteiger partial charge in [-0.1, -0.05) is 6.08 Å². The molecule has 6 heteroatoms. The zero-order valence-electron chi connectivity index (χ0n) is 8.91. The molecule has 17 heavy (non-hydrogen) atoms. The van der Waals surface area contributed by atoms with Crippen molar-refractivity contribution in [3.8, 4) is 0 Å². The van der Waals surface area contributed by atoms with Gasteiger partial charge in [0.25, 0.3) is 0 Å². The molecule has 0 aromatic heterocycles. The first-order chi connectivity index (χ1) is 7.90. The molecule has 1 aromatic carbocycles. The summed E-state index contributed by atoms with van der Waals surface area (Å²) >= 11 is -0.188. The highest BCUT2D eigenvalue weighted by molar-refractivity contribution is 8.00. The highest BCUT2D eigenvalue weighted by Crippen LogP contribution is 2.36. The second kappa shape index (κ2) is 5.77. The van der Waals surface area contributed by atoms with Crippen molar-refractivity contribution in [3.05, 3.63) is 36.4 Å². The Morgan fingerprint density at radius 1 is 1.29 bits per heavy atom. The molecule has 0 fully saturated rings. The summed E-state index contributed by atoms with van der Waals surface area (Å²) in [6.45, 7) is 1.70. The Balaban J connectivity index is 2.65. The van der Waals surface area contributed by atoms with Crippen molar-refractivity contribution < 1.29 is 18.0 Å². The molecule has 0 unspecified atom stereocenters. The highest BCUT2D eigenvalue weighted by Gasteiger charge is 2.28. The normalized spacial score (nSPS) is 11.8. The average Bonchev–Trinajstić information content (AvgIpc) is 2.19. The maximum atomic E-state index is 12.0. The van der Waals surface area contributed by atoms with Crippen LogP contribution in [0.25, 0.3) is 0 Å². The summed E-state index contributed by atoms with van der Waals surface area (Å²) in [7, 11) is 0. The van der Waals surface area contributed by atoms with Crippen LogP contribution in [0.2, 0.25) is 0 Å². The van der Waals surface area contributed by atoms with Gasteiger partial charge in [0, 0.05) is 10.6 Å². The zero-order valence-corrected chi connectivity index (χ0v) is 9.73. The van der Waals surface area contributed by atoms with Crippen LogP contribution in [0, 0.1) is 0 Å². The van der Waals surface area contributed by atoms with E-state index in [2.05, 4.69) is 5.32 Å². The van der Waals surface area contributed by atoms with Gasteiger partial charge in [0.1, 0.15) is 0 Å². The van der Waals surface area contributed by atoms with E-state index in [1.165, 1.54) is 30.3 Å². The first-order valence-electron chi connectivity index (χ1n) is 4.70. The SMILES string of the molecule is C/C=C\C(=O)Nc1ccc(SC(F)(F)F)cc1. The second-order valence-corrected chi connectivity index (χ2v) is 4.20. The van der Waals surface area contributed by atoms with Crippen molar-refractivity contribution in [3.63, 3.8) is 0 Å². The number of carbonyl (C=O) groups is 1. The Labute approximate surface area is 101 Å². The summed E-state index contributed by atoms with van der Waals surface area (Å²) in [4.78, 5) is 11.2. The topological polar surface area (TPSA) is 29.1 Å². The number of hydrogen-bond acceptors (Lipinski definition) is 2. The minimum Gasteiger partial charge on any atom is -0.323 e.